The molecule has 0 amide bonds. The van der Waals surface area contributed by atoms with Gasteiger partial charge in [-0.15, -0.1) is 0 Å². The van der Waals surface area contributed by atoms with E-state index in [1.165, 1.54) is 19.3 Å². The predicted octanol–water partition coefficient (Wildman–Crippen LogP) is 5.38. The average molecular weight is 467 g/mol. The van der Waals surface area contributed by atoms with E-state index in [9.17, 15) is 13.9 Å². The van der Waals surface area contributed by atoms with Gasteiger partial charge in [0.15, 0.2) is 0 Å². The number of fused-ring (bicyclic) bond motifs is 1. The van der Waals surface area contributed by atoms with Crippen LogP contribution in [0.2, 0.25) is 0 Å². The van der Waals surface area contributed by atoms with Crippen LogP contribution in [0.15, 0.2) is 48.7 Å². The number of pyridine rings is 1. The molecule has 4 rings (SSSR count). The van der Waals surface area contributed by atoms with Gasteiger partial charge in [-0.3, -0.25) is 9.19 Å². The highest BCUT2D eigenvalue weighted by Gasteiger charge is 2.29. The minimum Gasteiger partial charge on any atom is -0.772 e. The van der Waals surface area contributed by atoms with E-state index in [1.54, 1.807) is 18.3 Å². The van der Waals surface area contributed by atoms with Crippen molar-refractivity contribution in [2.24, 2.45) is 0 Å². The van der Waals surface area contributed by atoms with Gasteiger partial charge in [0.1, 0.15) is 5.75 Å². The Bertz CT molecular complexity index is 1130. The quantitative estimate of drug-likeness (QED) is 0.355. The first-order valence-corrected chi connectivity index (χ1v) is 13.1. The third-order valence-electron chi connectivity index (χ3n) is 6.59. The average Bonchev–Trinajstić information content (AvgIpc) is 2.83. The number of hydrogen-bond acceptors (Lipinski definition) is 6. The third kappa shape index (κ3) is 5.05. The summed E-state index contributed by atoms with van der Waals surface area (Å²) in [5, 5.41) is 16.0. The number of phenolic OH excluding ortho intramolecular Hbond substituents is 1. The fourth-order valence-corrected chi connectivity index (χ4v) is 5.48. The van der Waals surface area contributed by atoms with Crippen LogP contribution in [0.4, 0.5) is 5.69 Å². The maximum atomic E-state index is 11.8. The lowest BCUT2D eigenvalue weighted by Crippen LogP contribution is -2.50. The summed E-state index contributed by atoms with van der Waals surface area (Å²) in [6.45, 7) is 5.94. The van der Waals surface area contributed by atoms with Gasteiger partial charge in [0.25, 0.3) is 0 Å². The van der Waals surface area contributed by atoms with Crippen LogP contribution in [0.1, 0.15) is 51.5 Å². The van der Waals surface area contributed by atoms with E-state index in [1.807, 2.05) is 30.3 Å². The van der Waals surface area contributed by atoms with Gasteiger partial charge < -0.3 is 14.7 Å². The molecule has 1 aliphatic carbocycles. The molecule has 6 nitrogen and oxygen atoms in total. The summed E-state index contributed by atoms with van der Waals surface area (Å²) in [6, 6.07) is 13.6. The fraction of sp³-hybridized carbons (Fsp3) is 0.423. The molecular weight excluding hydrogens is 434 g/mol. The Hall–Kier alpha value is -2.48. The van der Waals surface area contributed by atoms with E-state index < -0.39 is 11.1 Å². The van der Waals surface area contributed by atoms with Gasteiger partial charge in [-0.2, -0.15) is 0 Å². The van der Waals surface area contributed by atoms with Gasteiger partial charge in [0.05, 0.1) is 11.2 Å². The molecule has 1 heterocycles. The Kier molecular flexibility index (Phi) is 7.63. The zero-order chi connectivity index (χ0) is 23.4. The number of para-hydroxylation sites is 1. The molecule has 2 aromatic carbocycles. The molecule has 7 heteroatoms. The second-order valence-electron chi connectivity index (χ2n) is 8.60. The Balaban J connectivity index is 1.97. The first-order valence-electron chi connectivity index (χ1n) is 11.8. The minimum absolute atomic E-state index is 0.0798. The van der Waals surface area contributed by atoms with E-state index in [2.05, 4.69) is 28.8 Å². The molecule has 1 unspecified atom stereocenters. The molecule has 0 bridgehead atoms. The number of phenols is 1. The molecule has 1 atom stereocenters. The van der Waals surface area contributed by atoms with Crippen molar-refractivity contribution in [3.63, 3.8) is 0 Å². The molecule has 3 aromatic rings. The molecule has 33 heavy (non-hydrogen) atoms. The molecule has 1 saturated carbocycles. The van der Waals surface area contributed by atoms with Gasteiger partial charge in [-0.1, -0.05) is 68.5 Å². The summed E-state index contributed by atoms with van der Waals surface area (Å²) in [5.41, 5.74) is 4.08. The van der Waals surface area contributed by atoms with Gasteiger partial charge >= 0.3 is 0 Å². The standard InChI is InChI=1S/C26H33N3O3S/c1-3-28(4-2)29(21-10-6-5-7-11-21)26-20(18-33(31)32)17-27-24-15-14-19(16-23(24)26)22-12-8-9-13-25(22)30/h8-9,12-17,21,30H,3-7,10-11,18H2,1-2H3,(H,31,32)/p-1. The van der Waals surface area contributed by atoms with Crippen LogP contribution < -0.4 is 5.01 Å². The molecule has 1 aliphatic rings. The normalized spacial score (nSPS) is 15.8. The number of rotatable bonds is 8. The number of anilines is 1. The largest absolute Gasteiger partial charge is 0.772 e. The molecular formula is C26H32N3O3S-. The van der Waals surface area contributed by atoms with Crippen molar-refractivity contribution < 1.29 is 13.9 Å². The maximum Gasteiger partial charge on any atom is 0.123 e. The molecule has 0 aliphatic heterocycles. The van der Waals surface area contributed by atoms with Crippen LogP contribution in [0.25, 0.3) is 22.0 Å². The highest BCUT2D eigenvalue weighted by atomic mass is 32.2. The summed E-state index contributed by atoms with van der Waals surface area (Å²) >= 11 is -2.23. The fourth-order valence-electron chi connectivity index (χ4n) is 5.02. The lowest BCUT2D eigenvalue weighted by Gasteiger charge is -2.44. The van der Waals surface area contributed by atoms with Gasteiger partial charge in [0.2, 0.25) is 0 Å². The summed E-state index contributed by atoms with van der Waals surface area (Å²) < 4.78 is 23.6. The number of aromatic nitrogens is 1. The van der Waals surface area contributed by atoms with E-state index in [0.717, 1.165) is 53.6 Å². The highest BCUT2D eigenvalue weighted by molar-refractivity contribution is 7.78. The summed E-state index contributed by atoms with van der Waals surface area (Å²) in [4.78, 5) is 4.61. The zero-order valence-electron chi connectivity index (χ0n) is 19.4. The highest BCUT2D eigenvalue weighted by Crippen LogP contribution is 2.39. The number of benzene rings is 2. The minimum atomic E-state index is -2.23. The Morgan fingerprint density at radius 3 is 2.48 bits per heavy atom. The maximum absolute atomic E-state index is 11.8. The van der Waals surface area contributed by atoms with Crippen molar-refractivity contribution in [3.8, 4) is 16.9 Å². The SMILES string of the molecule is CCN(CC)N(c1c(CS(=O)[O-])cnc2ccc(-c3ccccc3O)cc12)C1CCCCC1. The Labute approximate surface area is 198 Å². The second kappa shape index (κ2) is 10.6. The topological polar surface area (TPSA) is 79.7 Å². The molecule has 0 saturated heterocycles. The molecule has 1 N–H and O–H groups in total. The Morgan fingerprint density at radius 2 is 1.82 bits per heavy atom. The van der Waals surface area contributed by atoms with Crippen molar-refractivity contribution in [3.05, 3.63) is 54.2 Å². The van der Waals surface area contributed by atoms with Gasteiger partial charge in [-0.25, -0.2) is 5.01 Å². The van der Waals surface area contributed by atoms with Crippen LogP contribution in [0, 0.1) is 0 Å². The monoisotopic (exact) mass is 466 g/mol. The molecule has 1 aromatic heterocycles. The van der Waals surface area contributed by atoms with E-state index in [4.69, 9.17) is 0 Å². The number of hydrazine groups is 1. The first kappa shape index (κ1) is 23.7. The number of aromatic hydroxyl groups is 1. The number of nitrogens with zero attached hydrogens (tertiary/aromatic N) is 3. The van der Waals surface area contributed by atoms with Crippen LogP contribution in [0.5, 0.6) is 5.75 Å². The molecule has 0 spiro atoms. The third-order valence-corrected chi connectivity index (χ3v) is 7.13. The molecule has 0 radical (unpaired) electrons. The molecule has 1 fully saturated rings. The summed E-state index contributed by atoms with van der Waals surface area (Å²) in [7, 11) is 0. The lowest BCUT2D eigenvalue weighted by atomic mass is 9.93. The molecule has 176 valence electrons. The predicted molar refractivity (Wildman–Crippen MR) is 134 cm³/mol. The second-order valence-corrected chi connectivity index (χ2v) is 9.50. The van der Waals surface area contributed by atoms with Crippen LogP contribution >= 0.6 is 0 Å². The van der Waals surface area contributed by atoms with E-state index >= 15 is 0 Å². The van der Waals surface area contributed by atoms with E-state index in [-0.39, 0.29) is 11.5 Å². The van der Waals surface area contributed by atoms with Crippen LogP contribution in [-0.2, 0) is 16.8 Å². The van der Waals surface area contributed by atoms with Crippen LogP contribution in [-0.4, -0.2) is 43.0 Å². The summed E-state index contributed by atoms with van der Waals surface area (Å²) in [5.74, 6) is 0.139. The lowest BCUT2D eigenvalue weighted by molar-refractivity contribution is 0.220. The number of hydrogen-bond donors (Lipinski definition) is 1. The Morgan fingerprint density at radius 1 is 1.09 bits per heavy atom. The van der Waals surface area contributed by atoms with Crippen molar-refractivity contribution >= 4 is 27.7 Å². The van der Waals surface area contributed by atoms with Crippen molar-refractivity contribution in [1.82, 2.24) is 9.99 Å². The summed E-state index contributed by atoms with van der Waals surface area (Å²) in [6.07, 6.45) is 7.48. The van der Waals surface area contributed by atoms with Crippen molar-refractivity contribution in [2.45, 2.75) is 57.7 Å². The van der Waals surface area contributed by atoms with Crippen LogP contribution in [0.3, 0.4) is 0 Å². The van der Waals surface area contributed by atoms with Crippen molar-refractivity contribution in [2.75, 3.05) is 18.1 Å². The van der Waals surface area contributed by atoms with E-state index in [0.29, 0.717) is 11.6 Å². The van der Waals surface area contributed by atoms with Gasteiger partial charge in [0, 0.05) is 47.6 Å². The first-order chi connectivity index (χ1) is 16.0. The zero-order valence-corrected chi connectivity index (χ0v) is 20.2. The van der Waals surface area contributed by atoms with Crippen molar-refractivity contribution in [1.29, 1.82) is 0 Å². The van der Waals surface area contributed by atoms with Gasteiger partial charge in [-0.05, 0) is 36.6 Å². The smallest absolute Gasteiger partial charge is 0.123 e.